The quantitative estimate of drug-likeness (QED) is 0.562. The second-order valence-electron chi connectivity index (χ2n) is 6.99. The van der Waals surface area contributed by atoms with E-state index in [9.17, 15) is 14.7 Å². The second-order valence-corrected chi connectivity index (χ2v) is 6.99. The summed E-state index contributed by atoms with van der Waals surface area (Å²) in [4.78, 5) is 27.8. The van der Waals surface area contributed by atoms with Gasteiger partial charge in [-0.25, -0.2) is 9.78 Å². The normalized spacial score (nSPS) is 13.3. The Morgan fingerprint density at radius 2 is 2.07 bits per heavy atom. The smallest absolute Gasteiger partial charge is 0.339 e. The first kappa shape index (κ1) is 18.8. The molecule has 1 aromatic carbocycles. The molecule has 4 rings (SSSR count). The topological polar surface area (TPSA) is 105 Å². The SMILES string of the molecule is CCn1ccc2ccc(Nc3cc(NC(=O)C4CC4)ncc3C(=O)O)c(OC)c21. The van der Waals surface area contributed by atoms with Crippen molar-refractivity contribution in [3.8, 4) is 5.75 Å². The number of benzene rings is 1. The molecule has 0 unspecified atom stereocenters. The first-order valence-electron chi connectivity index (χ1n) is 9.49. The molecule has 1 aliphatic carbocycles. The lowest BCUT2D eigenvalue weighted by Gasteiger charge is -2.16. The Morgan fingerprint density at radius 1 is 1.28 bits per heavy atom. The van der Waals surface area contributed by atoms with Crippen molar-refractivity contribution in [3.05, 3.63) is 42.2 Å². The zero-order chi connectivity index (χ0) is 20.5. The van der Waals surface area contributed by atoms with E-state index in [0.717, 1.165) is 30.3 Å². The Kier molecular flexibility index (Phi) is 4.84. The van der Waals surface area contributed by atoms with Crippen LogP contribution < -0.4 is 15.4 Å². The molecule has 0 radical (unpaired) electrons. The van der Waals surface area contributed by atoms with Crippen molar-refractivity contribution in [2.45, 2.75) is 26.3 Å². The average molecular weight is 394 g/mol. The summed E-state index contributed by atoms with van der Waals surface area (Å²) in [5, 5.41) is 16.5. The molecule has 1 amide bonds. The molecule has 0 bridgehead atoms. The van der Waals surface area contributed by atoms with Gasteiger partial charge in [-0.15, -0.1) is 0 Å². The number of fused-ring (bicyclic) bond motifs is 1. The second kappa shape index (κ2) is 7.46. The lowest BCUT2D eigenvalue weighted by atomic mass is 10.1. The lowest BCUT2D eigenvalue weighted by molar-refractivity contribution is -0.117. The number of ether oxygens (including phenoxy) is 1. The summed E-state index contributed by atoms with van der Waals surface area (Å²) in [6.45, 7) is 2.81. The van der Waals surface area contributed by atoms with Crippen molar-refractivity contribution in [3.63, 3.8) is 0 Å². The van der Waals surface area contributed by atoms with Crippen LogP contribution in [-0.4, -0.2) is 33.6 Å². The number of nitrogens with zero attached hydrogens (tertiary/aromatic N) is 2. The Labute approximate surface area is 167 Å². The van der Waals surface area contributed by atoms with Gasteiger partial charge in [0.15, 0.2) is 5.75 Å². The van der Waals surface area contributed by atoms with Gasteiger partial charge in [0.25, 0.3) is 0 Å². The highest BCUT2D eigenvalue weighted by Gasteiger charge is 2.30. The molecule has 2 aromatic heterocycles. The van der Waals surface area contributed by atoms with Gasteiger partial charge in [0.2, 0.25) is 5.91 Å². The molecule has 8 nitrogen and oxygen atoms in total. The molecule has 0 spiro atoms. The third-order valence-electron chi connectivity index (χ3n) is 5.03. The zero-order valence-corrected chi connectivity index (χ0v) is 16.2. The van der Waals surface area contributed by atoms with Crippen molar-refractivity contribution >= 4 is 40.0 Å². The van der Waals surface area contributed by atoms with Crippen molar-refractivity contribution in [1.29, 1.82) is 0 Å². The summed E-state index contributed by atoms with van der Waals surface area (Å²) in [6, 6.07) is 7.33. The van der Waals surface area contributed by atoms with Gasteiger partial charge in [0.05, 0.1) is 24.0 Å². The monoisotopic (exact) mass is 394 g/mol. The van der Waals surface area contributed by atoms with Crippen LogP contribution in [0.2, 0.25) is 0 Å². The van der Waals surface area contributed by atoms with Gasteiger partial charge in [0.1, 0.15) is 11.4 Å². The summed E-state index contributed by atoms with van der Waals surface area (Å²) in [6.07, 6.45) is 4.97. The molecule has 0 aliphatic heterocycles. The fourth-order valence-corrected chi connectivity index (χ4v) is 3.35. The van der Waals surface area contributed by atoms with Gasteiger partial charge in [-0.2, -0.15) is 0 Å². The fraction of sp³-hybridized carbons (Fsp3) is 0.286. The van der Waals surface area contributed by atoms with E-state index in [4.69, 9.17) is 4.74 Å². The highest BCUT2D eigenvalue weighted by atomic mass is 16.5. The maximum atomic E-state index is 12.0. The summed E-state index contributed by atoms with van der Waals surface area (Å²) >= 11 is 0. The number of aromatic nitrogens is 2. The van der Waals surface area contributed by atoms with Crippen LogP contribution in [0.15, 0.2) is 36.7 Å². The molecule has 1 aliphatic rings. The van der Waals surface area contributed by atoms with E-state index in [0.29, 0.717) is 22.9 Å². The highest BCUT2D eigenvalue weighted by Crippen LogP contribution is 2.37. The number of rotatable bonds is 7. The Balaban J connectivity index is 1.74. The molecule has 0 saturated heterocycles. The number of methoxy groups -OCH3 is 1. The van der Waals surface area contributed by atoms with E-state index in [1.165, 1.54) is 12.3 Å². The minimum absolute atomic E-state index is 0.00226. The van der Waals surface area contributed by atoms with Gasteiger partial charge < -0.3 is 25.0 Å². The predicted octanol–water partition coefficient (Wildman–Crippen LogP) is 3.86. The van der Waals surface area contributed by atoms with E-state index in [2.05, 4.69) is 20.2 Å². The minimum atomic E-state index is -1.11. The molecule has 3 N–H and O–H groups in total. The van der Waals surface area contributed by atoms with Gasteiger partial charge in [-0.3, -0.25) is 4.79 Å². The molecular formula is C21H22N4O4. The number of carbonyl (C=O) groups excluding carboxylic acids is 1. The molecule has 1 saturated carbocycles. The maximum Gasteiger partial charge on any atom is 0.339 e. The van der Waals surface area contributed by atoms with Crippen LogP contribution in [0.3, 0.4) is 0 Å². The van der Waals surface area contributed by atoms with E-state index in [1.54, 1.807) is 7.11 Å². The van der Waals surface area contributed by atoms with Gasteiger partial charge in [-0.1, -0.05) is 6.07 Å². The molecule has 1 fully saturated rings. The number of hydrogen-bond acceptors (Lipinski definition) is 5. The average Bonchev–Trinajstić information content (AvgIpc) is 3.48. The van der Waals surface area contributed by atoms with E-state index >= 15 is 0 Å². The maximum absolute atomic E-state index is 12.0. The zero-order valence-electron chi connectivity index (χ0n) is 16.2. The minimum Gasteiger partial charge on any atom is -0.492 e. The van der Waals surface area contributed by atoms with Crippen molar-refractivity contribution < 1.29 is 19.4 Å². The number of pyridine rings is 1. The van der Waals surface area contributed by atoms with Crippen molar-refractivity contribution in [2.75, 3.05) is 17.7 Å². The Morgan fingerprint density at radius 3 is 2.72 bits per heavy atom. The van der Waals surface area contributed by atoms with Gasteiger partial charge >= 0.3 is 5.97 Å². The van der Waals surface area contributed by atoms with Crippen molar-refractivity contribution in [2.24, 2.45) is 5.92 Å². The van der Waals surface area contributed by atoms with E-state index < -0.39 is 5.97 Å². The molecule has 29 heavy (non-hydrogen) atoms. The third kappa shape index (κ3) is 3.61. The number of nitrogens with one attached hydrogen (secondary N) is 2. The first-order chi connectivity index (χ1) is 14.0. The number of amides is 1. The Bertz CT molecular complexity index is 1100. The fourth-order valence-electron chi connectivity index (χ4n) is 3.35. The van der Waals surface area contributed by atoms with Crippen LogP contribution in [0.1, 0.15) is 30.1 Å². The largest absolute Gasteiger partial charge is 0.492 e. The summed E-state index contributed by atoms with van der Waals surface area (Å²) in [5.74, 6) is -0.252. The van der Waals surface area contributed by atoms with Crippen molar-refractivity contribution in [1.82, 2.24) is 9.55 Å². The van der Waals surface area contributed by atoms with Crippen LogP contribution in [0.25, 0.3) is 10.9 Å². The predicted molar refractivity (Wildman–Crippen MR) is 110 cm³/mol. The van der Waals surface area contributed by atoms with Crippen LogP contribution in [-0.2, 0) is 11.3 Å². The van der Waals surface area contributed by atoms with Crippen LogP contribution in [0, 0.1) is 5.92 Å². The first-order valence-corrected chi connectivity index (χ1v) is 9.49. The number of carbonyl (C=O) groups is 2. The Hall–Kier alpha value is -3.55. The number of carboxylic acids is 1. The van der Waals surface area contributed by atoms with E-state index in [-0.39, 0.29) is 17.4 Å². The van der Waals surface area contributed by atoms with Gasteiger partial charge in [0, 0.05) is 36.3 Å². The number of anilines is 3. The molecule has 8 heteroatoms. The van der Waals surface area contributed by atoms with Gasteiger partial charge in [-0.05, 0) is 31.9 Å². The summed E-state index contributed by atoms with van der Waals surface area (Å²) in [5.41, 5.74) is 1.88. The number of aromatic carboxylic acids is 1. The summed E-state index contributed by atoms with van der Waals surface area (Å²) < 4.78 is 7.71. The molecule has 2 heterocycles. The molecular weight excluding hydrogens is 372 g/mol. The third-order valence-corrected chi connectivity index (χ3v) is 5.03. The lowest BCUT2D eigenvalue weighted by Crippen LogP contribution is -2.15. The molecule has 0 atom stereocenters. The van der Waals surface area contributed by atoms with Crippen LogP contribution in [0.5, 0.6) is 5.75 Å². The molecule has 3 aromatic rings. The highest BCUT2D eigenvalue weighted by molar-refractivity contribution is 5.99. The number of carboxylic acid groups (broad SMARTS) is 1. The van der Waals surface area contributed by atoms with Crippen LogP contribution >= 0.6 is 0 Å². The standard InChI is InChI=1S/C21H22N4O4/c1-3-25-9-8-12-6-7-15(19(29-2)18(12)25)23-16-10-17(22-11-14(16)21(27)28)24-20(26)13-4-5-13/h6-11,13H,3-5H2,1-2H3,(H,27,28)(H2,22,23,24,26). The van der Waals surface area contributed by atoms with E-state index in [1.807, 2.05) is 31.3 Å². The van der Waals surface area contributed by atoms with Crippen LogP contribution in [0.4, 0.5) is 17.2 Å². The number of hydrogen-bond donors (Lipinski definition) is 3. The molecule has 150 valence electrons. The summed E-state index contributed by atoms with van der Waals surface area (Å²) in [7, 11) is 1.58. The number of aryl methyl sites for hydroxylation is 1.